The Labute approximate surface area is 133 Å². The summed E-state index contributed by atoms with van der Waals surface area (Å²) >= 11 is 0. The number of benzene rings is 1. The van der Waals surface area contributed by atoms with Gasteiger partial charge in [0, 0.05) is 5.41 Å². The Balaban J connectivity index is 2.05. The Hall–Kier alpha value is -2.76. The molecule has 1 aromatic carbocycles. The van der Waals surface area contributed by atoms with Crippen molar-refractivity contribution in [3.63, 3.8) is 0 Å². The second-order valence-corrected chi connectivity index (χ2v) is 6.48. The fraction of sp³-hybridized carbons (Fsp3) is 0.294. The number of ketones is 1. The molecule has 0 saturated heterocycles. The Kier molecular flexibility index (Phi) is 3.60. The molecule has 3 rings (SSSR count). The lowest BCUT2D eigenvalue weighted by atomic mass is 9.91. The lowest BCUT2D eigenvalue weighted by molar-refractivity contribution is -0.126. The first-order chi connectivity index (χ1) is 10.9. The van der Waals surface area contributed by atoms with Gasteiger partial charge in [-0.25, -0.2) is 9.67 Å². The molecule has 0 unspecified atom stereocenters. The summed E-state index contributed by atoms with van der Waals surface area (Å²) in [5.74, 6) is -0.0174. The summed E-state index contributed by atoms with van der Waals surface area (Å²) in [4.78, 5) is 29.0. The van der Waals surface area contributed by atoms with Crippen LogP contribution in [0.4, 0.5) is 0 Å². The summed E-state index contributed by atoms with van der Waals surface area (Å²) in [6.45, 7) is 5.51. The summed E-state index contributed by atoms with van der Waals surface area (Å²) in [6, 6.07) is 9.48. The fourth-order valence-corrected chi connectivity index (χ4v) is 2.21. The highest BCUT2D eigenvalue weighted by Crippen LogP contribution is 2.16. The maximum Gasteiger partial charge on any atom is 0.264 e. The number of hydrogen-bond acceptors (Lipinski definition) is 4. The summed E-state index contributed by atoms with van der Waals surface area (Å²) in [5, 5.41) is 4.65. The van der Waals surface area contributed by atoms with Crippen LogP contribution in [0.1, 0.15) is 20.8 Å². The van der Waals surface area contributed by atoms with Crippen LogP contribution in [0.5, 0.6) is 0 Å². The van der Waals surface area contributed by atoms with Crippen molar-refractivity contribution in [1.29, 1.82) is 0 Å². The van der Waals surface area contributed by atoms with Gasteiger partial charge < -0.3 is 0 Å². The normalized spacial score (nSPS) is 11.8. The van der Waals surface area contributed by atoms with Gasteiger partial charge in [-0.2, -0.15) is 5.10 Å². The molecule has 0 spiro atoms. The van der Waals surface area contributed by atoms with Crippen molar-refractivity contribution in [2.45, 2.75) is 27.3 Å². The topological polar surface area (TPSA) is 69.8 Å². The number of rotatable bonds is 3. The summed E-state index contributed by atoms with van der Waals surface area (Å²) in [6.07, 6.45) is 2.91. The number of hydrogen-bond donors (Lipinski definition) is 0. The highest BCUT2D eigenvalue weighted by molar-refractivity contribution is 5.83. The Morgan fingerprint density at radius 2 is 1.87 bits per heavy atom. The van der Waals surface area contributed by atoms with E-state index in [2.05, 4.69) is 10.1 Å². The second kappa shape index (κ2) is 5.46. The number of aromatic nitrogens is 4. The Morgan fingerprint density at radius 1 is 1.17 bits per heavy atom. The molecule has 0 aliphatic heterocycles. The molecule has 3 aromatic rings. The standard InChI is InChI=1S/C17H18N4O2/c1-17(2,3)14(22)10-20-11-18-15-13(16(20)23)9-19-21(15)12-7-5-4-6-8-12/h4-9,11H,10H2,1-3H3. The first-order valence-electron chi connectivity index (χ1n) is 7.40. The molecule has 6 heteroatoms. The van der Waals surface area contributed by atoms with E-state index in [1.807, 2.05) is 51.1 Å². The Bertz CT molecular complexity index is 917. The van der Waals surface area contributed by atoms with Crippen molar-refractivity contribution >= 4 is 16.8 Å². The van der Waals surface area contributed by atoms with Crippen molar-refractivity contribution in [3.8, 4) is 5.69 Å². The van der Waals surface area contributed by atoms with Crippen molar-refractivity contribution in [2.24, 2.45) is 5.41 Å². The SMILES string of the molecule is CC(C)(C)C(=O)Cn1cnc2c(cnn2-c2ccccc2)c1=O. The molecule has 6 nitrogen and oxygen atoms in total. The van der Waals surface area contributed by atoms with Gasteiger partial charge in [-0.15, -0.1) is 0 Å². The molecule has 118 valence electrons. The summed E-state index contributed by atoms with van der Waals surface area (Å²) < 4.78 is 2.96. The van der Waals surface area contributed by atoms with Gasteiger partial charge in [0.1, 0.15) is 11.7 Å². The monoisotopic (exact) mass is 310 g/mol. The highest BCUT2D eigenvalue weighted by Gasteiger charge is 2.22. The van der Waals surface area contributed by atoms with E-state index in [1.54, 1.807) is 4.68 Å². The van der Waals surface area contributed by atoms with Gasteiger partial charge in [-0.3, -0.25) is 14.2 Å². The van der Waals surface area contributed by atoms with Crippen LogP contribution in [-0.2, 0) is 11.3 Å². The molecule has 0 radical (unpaired) electrons. The molecule has 0 amide bonds. The first kappa shape index (κ1) is 15.1. The molecule has 2 heterocycles. The minimum atomic E-state index is -0.497. The molecule has 23 heavy (non-hydrogen) atoms. The van der Waals surface area contributed by atoms with E-state index in [0.717, 1.165) is 5.69 Å². The zero-order chi connectivity index (χ0) is 16.6. The van der Waals surface area contributed by atoms with Crippen LogP contribution in [0.15, 0.2) is 47.7 Å². The first-order valence-corrected chi connectivity index (χ1v) is 7.40. The zero-order valence-electron chi connectivity index (χ0n) is 13.4. The molecule has 0 saturated carbocycles. The molecular formula is C17H18N4O2. The van der Waals surface area contributed by atoms with Crippen LogP contribution in [0.3, 0.4) is 0 Å². The molecule has 0 atom stereocenters. The van der Waals surface area contributed by atoms with Gasteiger partial charge in [-0.05, 0) is 12.1 Å². The minimum Gasteiger partial charge on any atom is -0.297 e. The van der Waals surface area contributed by atoms with E-state index in [-0.39, 0.29) is 17.9 Å². The minimum absolute atomic E-state index is 0.0157. The molecular weight excluding hydrogens is 292 g/mol. The average molecular weight is 310 g/mol. The third kappa shape index (κ3) is 2.79. The lowest BCUT2D eigenvalue weighted by Crippen LogP contribution is -2.30. The molecule has 0 aliphatic carbocycles. The predicted molar refractivity (Wildman–Crippen MR) is 87.6 cm³/mol. The highest BCUT2D eigenvalue weighted by atomic mass is 16.1. The maximum absolute atomic E-state index is 12.6. The van der Waals surface area contributed by atoms with Gasteiger partial charge in [0.2, 0.25) is 0 Å². The van der Waals surface area contributed by atoms with Gasteiger partial charge >= 0.3 is 0 Å². The molecule has 0 aliphatic rings. The van der Waals surface area contributed by atoms with Crippen LogP contribution in [0.2, 0.25) is 0 Å². The van der Waals surface area contributed by atoms with Crippen LogP contribution in [0.25, 0.3) is 16.7 Å². The third-order valence-electron chi connectivity index (χ3n) is 3.71. The average Bonchev–Trinajstić information content (AvgIpc) is 2.94. The molecule has 2 aromatic heterocycles. The van der Waals surface area contributed by atoms with Gasteiger partial charge in [-0.1, -0.05) is 39.0 Å². The number of carbonyl (C=O) groups is 1. The van der Waals surface area contributed by atoms with E-state index in [4.69, 9.17) is 0 Å². The van der Waals surface area contributed by atoms with E-state index < -0.39 is 5.41 Å². The molecule has 0 bridgehead atoms. The largest absolute Gasteiger partial charge is 0.297 e. The van der Waals surface area contributed by atoms with Crippen molar-refractivity contribution < 1.29 is 4.79 Å². The van der Waals surface area contributed by atoms with E-state index in [9.17, 15) is 9.59 Å². The number of nitrogens with zero attached hydrogens (tertiary/aromatic N) is 4. The summed E-state index contributed by atoms with van der Waals surface area (Å²) in [7, 11) is 0. The Morgan fingerprint density at radius 3 is 2.52 bits per heavy atom. The third-order valence-corrected chi connectivity index (χ3v) is 3.71. The maximum atomic E-state index is 12.6. The number of fused-ring (bicyclic) bond motifs is 1. The van der Waals surface area contributed by atoms with Crippen LogP contribution in [0, 0.1) is 5.41 Å². The smallest absolute Gasteiger partial charge is 0.264 e. The van der Waals surface area contributed by atoms with E-state index in [1.165, 1.54) is 17.1 Å². The molecule has 0 fully saturated rings. The number of para-hydroxylation sites is 1. The summed E-state index contributed by atoms with van der Waals surface area (Å²) in [5.41, 5.74) is 0.566. The predicted octanol–water partition coefficient (Wildman–Crippen LogP) is 2.20. The van der Waals surface area contributed by atoms with Gasteiger partial charge in [0.05, 0.1) is 18.4 Å². The quantitative estimate of drug-likeness (QED) is 0.743. The second-order valence-electron chi connectivity index (χ2n) is 6.48. The van der Waals surface area contributed by atoms with Crippen molar-refractivity contribution in [3.05, 3.63) is 53.2 Å². The fourth-order valence-electron chi connectivity index (χ4n) is 2.21. The van der Waals surface area contributed by atoms with Crippen molar-refractivity contribution in [1.82, 2.24) is 19.3 Å². The van der Waals surface area contributed by atoms with Crippen molar-refractivity contribution in [2.75, 3.05) is 0 Å². The van der Waals surface area contributed by atoms with E-state index in [0.29, 0.717) is 11.0 Å². The van der Waals surface area contributed by atoms with E-state index >= 15 is 0 Å². The van der Waals surface area contributed by atoms with Gasteiger partial charge in [0.25, 0.3) is 5.56 Å². The lowest BCUT2D eigenvalue weighted by Gasteiger charge is -2.17. The van der Waals surface area contributed by atoms with Gasteiger partial charge in [0.15, 0.2) is 11.4 Å². The van der Waals surface area contributed by atoms with Crippen LogP contribution < -0.4 is 5.56 Å². The zero-order valence-corrected chi connectivity index (χ0v) is 13.4. The number of carbonyl (C=O) groups excluding carboxylic acids is 1. The van der Waals surface area contributed by atoms with Crippen LogP contribution >= 0.6 is 0 Å². The van der Waals surface area contributed by atoms with Crippen LogP contribution in [-0.4, -0.2) is 25.1 Å². The number of Topliss-reactive ketones (excluding diaryl/α,β-unsaturated/α-hetero) is 1. The molecule has 0 N–H and O–H groups in total.